The first kappa shape index (κ1) is 14.7. The van der Waals surface area contributed by atoms with Crippen molar-refractivity contribution in [2.45, 2.75) is 0 Å². The van der Waals surface area contributed by atoms with Crippen molar-refractivity contribution in [3.05, 3.63) is 25.3 Å². The first-order chi connectivity index (χ1) is 6.97. The Hall–Kier alpha value is -1.28. The Balaban J connectivity index is 0.00000225. The molecular weight excluding hydrogens is 301 g/mol. The van der Waals surface area contributed by atoms with Gasteiger partial charge >= 0.3 is 5.69 Å². The van der Waals surface area contributed by atoms with Crippen LogP contribution >= 0.6 is 28.3 Å². The van der Waals surface area contributed by atoms with Crippen LogP contribution in [0.4, 0.5) is 5.82 Å². The molecule has 0 saturated heterocycles. The van der Waals surface area contributed by atoms with Crippen molar-refractivity contribution in [1.82, 2.24) is 9.55 Å². The minimum Gasteiger partial charge on any atom is -0.370 e. The number of aromatic nitrogens is 2. The van der Waals surface area contributed by atoms with Crippen LogP contribution in [0.2, 0.25) is 0 Å². The van der Waals surface area contributed by atoms with Crippen molar-refractivity contribution in [3.63, 3.8) is 0 Å². The quantitative estimate of drug-likeness (QED) is 0.485. The molecule has 0 aliphatic heterocycles. The minimum atomic E-state index is -0.533. The van der Waals surface area contributed by atoms with Crippen LogP contribution in [0, 0.1) is 0 Å². The molecule has 1 aromatic rings. The highest BCUT2D eigenvalue weighted by molar-refractivity contribution is 9.10. The van der Waals surface area contributed by atoms with E-state index < -0.39 is 11.2 Å². The van der Waals surface area contributed by atoms with Gasteiger partial charge in [-0.05, 0) is 15.9 Å². The number of nitrogens with two attached hydrogens (primary N) is 1. The van der Waals surface area contributed by atoms with E-state index in [1.807, 2.05) is 0 Å². The number of guanidine groups is 1. The lowest BCUT2D eigenvalue weighted by Gasteiger charge is -2.10. The molecule has 0 bridgehead atoms. The molecule has 90 valence electrons. The van der Waals surface area contributed by atoms with E-state index in [0.717, 1.165) is 0 Å². The molecule has 1 rings (SSSR count). The van der Waals surface area contributed by atoms with Gasteiger partial charge in [0, 0.05) is 14.1 Å². The zero-order chi connectivity index (χ0) is 11.6. The van der Waals surface area contributed by atoms with Crippen LogP contribution in [0.25, 0.3) is 0 Å². The topological polar surface area (TPSA) is 105 Å². The predicted octanol–water partition coefficient (Wildman–Crippen LogP) is -0.386. The largest absolute Gasteiger partial charge is 0.370 e. The average Bonchev–Trinajstić information content (AvgIpc) is 2.21. The summed E-state index contributed by atoms with van der Waals surface area (Å²) in [7, 11) is 2.98. The zero-order valence-corrected chi connectivity index (χ0v) is 11.0. The van der Waals surface area contributed by atoms with Gasteiger partial charge in [0.1, 0.15) is 10.3 Å². The van der Waals surface area contributed by atoms with Gasteiger partial charge in [-0.15, -0.1) is 12.4 Å². The number of H-pyrrole nitrogens is 1. The summed E-state index contributed by atoms with van der Waals surface area (Å²) in [5.74, 6) is 0.364. The molecule has 0 aliphatic carbocycles. The Bertz CT molecular complexity index is 486. The van der Waals surface area contributed by atoms with Gasteiger partial charge in [0.05, 0.1) is 0 Å². The van der Waals surface area contributed by atoms with Gasteiger partial charge in [0.25, 0.3) is 5.56 Å². The molecule has 0 aromatic carbocycles. The third-order valence-electron chi connectivity index (χ3n) is 1.76. The molecule has 0 spiro atoms. The molecule has 0 saturated carbocycles. The predicted molar refractivity (Wildman–Crippen MR) is 68.4 cm³/mol. The van der Waals surface area contributed by atoms with Crippen molar-refractivity contribution in [3.8, 4) is 0 Å². The Morgan fingerprint density at radius 3 is 2.62 bits per heavy atom. The van der Waals surface area contributed by atoms with E-state index in [2.05, 4.69) is 31.2 Å². The van der Waals surface area contributed by atoms with E-state index in [1.165, 1.54) is 18.7 Å². The second-order valence-corrected chi connectivity index (χ2v) is 3.51. The number of rotatable bonds is 1. The molecule has 0 radical (unpaired) electrons. The van der Waals surface area contributed by atoms with Gasteiger partial charge in [-0.1, -0.05) is 0 Å². The molecule has 1 aromatic heterocycles. The lowest BCUT2D eigenvalue weighted by Crippen LogP contribution is -2.34. The summed E-state index contributed by atoms with van der Waals surface area (Å²) >= 11 is 3.05. The van der Waals surface area contributed by atoms with Crippen LogP contribution in [-0.2, 0) is 7.05 Å². The Morgan fingerprint density at radius 1 is 1.56 bits per heavy atom. The van der Waals surface area contributed by atoms with Gasteiger partial charge in [0.15, 0.2) is 5.96 Å². The van der Waals surface area contributed by atoms with Gasteiger partial charge < -0.3 is 11.1 Å². The summed E-state index contributed by atoms with van der Waals surface area (Å²) in [6.45, 7) is 0. The van der Waals surface area contributed by atoms with Crippen LogP contribution in [0.15, 0.2) is 19.1 Å². The highest BCUT2D eigenvalue weighted by atomic mass is 79.9. The van der Waals surface area contributed by atoms with Gasteiger partial charge in [0.2, 0.25) is 0 Å². The molecule has 16 heavy (non-hydrogen) atoms. The highest BCUT2D eigenvalue weighted by Gasteiger charge is 2.10. The molecule has 0 amide bonds. The summed E-state index contributed by atoms with van der Waals surface area (Å²) in [5.41, 5.74) is 4.38. The molecule has 9 heteroatoms. The van der Waals surface area contributed by atoms with Crippen LogP contribution in [-0.4, -0.2) is 22.6 Å². The molecule has 0 aliphatic rings. The fourth-order valence-electron chi connectivity index (χ4n) is 0.908. The normalized spacial score (nSPS) is 10.8. The van der Waals surface area contributed by atoms with E-state index >= 15 is 0 Å². The van der Waals surface area contributed by atoms with Crippen LogP contribution in [0.3, 0.4) is 0 Å². The number of hydrogen-bond donors (Lipinski definition) is 3. The van der Waals surface area contributed by atoms with Crippen LogP contribution < -0.4 is 22.3 Å². The van der Waals surface area contributed by atoms with E-state index in [-0.39, 0.29) is 28.7 Å². The maximum atomic E-state index is 11.2. The number of aliphatic imine (C=N–C) groups is 1. The molecule has 4 N–H and O–H groups in total. The molecule has 7 nitrogen and oxygen atoms in total. The Morgan fingerprint density at radius 2 is 2.12 bits per heavy atom. The second-order valence-electron chi connectivity index (χ2n) is 2.71. The van der Waals surface area contributed by atoms with Crippen molar-refractivity contribution in [2.75, 3.05) is 12.4 Å². The Labute approximate surface area is 105 Å². The standard InChI is InChI=1S/C7H10BrN5O2.ClH/c1-10-6(9)11-4-3(8)5(14)12-7(15)13(4)2;/h1-2H3,(H3,9,10,11)(H,12,14,15);1H. The van der Waals surface area contributed by atoms with Crippen LogP contribution in [0.1, 0.15) is 0 Å². The highest BCUT2D eigenvalue weighted by Crippen LogP contribution is 2.13. The lowest BCUT2D eigenvalue weighted by atomic mass is 10.5. The summed E-state index contributed by atoms with van der Waals surface area (Å²) in [6.07, 6.45) is 0. The SMILES string of the molecule is CN=C(N)Nc1c(Br)c(=O)[nH]c(=O)n1C.Cl. The number of nitrogens with zero attached hydrogens (tertiary/aromatic N) is 2. The van der Waals surface area contributed by atoms with Gasteiger partial charge in [-0.25, -0.2) is 4.79 Å². The maximum Gasteiger partial charge on any atom is 0.329 e. The summed E-state index contributed by atoms with van der Waals surface area (Å²) < 4.78 is 1.40. The summed E-state index contributed by atoms with van der Waals surface area (Å²) in [4.78, 5) is 28.3. The van der Waals surface area contributed by atoms with E-state index in [9.17, 15) is 9.59 Å². The third kappa shape index (κ3) is 2.86. The number of halogens is 2. The molecule has 0 atom stereocenters. The van der Waals surface area contributed by atoms with E-state index in [4.69, 9.17) is 5.73 Å². The van der Waals surface area contributed by atoms with Crippen molar-refractivity contribution in [2.24, 2.45) is 17.8 Å². The first-order valence-corrected chi connectivity index (χ1v) is 4.74. The summed E-state index contributed by atoms with van der Waals surface area (Å²) in [5, 5.41) is 2.63. The number of hydrogen-bond acceptors (Lipinski definition) is 3. The smallest absolute Gasteiger partial charge is 0.329 e. The number of nitrogens with one attached hydrogen (secondary N) is 2. The molecule has 1 heterocycles. The lowest BCUT2D eigenvalue weighted by molar-refractivity contribution is 0.804. The van der Waals surface area contributed by atoms with Crippen molar-refractivity contribution < 1.29 is 0 Å². The zero-order valence-electron chi connectivity index (χ0n) is 8.57. The fraction of sp³-hybridized carbons (Fsp3) is 0.286. The second kappa shape index (κ2) is 5.71. The monoisotopic (exact) mass is 311 g/mol. The number of aromatic amines is 1. The molecule has 0 unspecified atom stereocenters. The Kier molecular flexibility index (Phi) is 5.25. The van der Waals surface area contributed by atoms with Crippen molar-refractivity contribution >= 4 is 40.1 Å². The van der Waals surface area contributed by atoms with Gasteiger partial charge in [-0.3, -0.25) is 19.3 Å². The van der Waals surface area contributed by atoms with E-state index in [1.54, 1.807) is 0 Å². The van der Waals surface area contributed by atoms with Gasteiger partial charge in [-0.2, -0.15) is 0 Å². The molecule has 0 fully saturated rings. The average molecular weight is 313 g/mol. The minimum absolute atomic E-state index is 0. The first-order valence-electron chi connectivity index (χ1n) is 3.95. The fourth-order valence-corrected chi connectivity index (χ4v) is 1.37. The van der Waals surface area contributed by atoms with Crippen molar-refractivity contribution in [1.29, 1.82) is 0 Å². The maximum absolute atomic E-state index is 11.2. The van der Waals surface area contributed by atoms with Crippen LogP contribution in [0.5, 0.6) is 0 Å². The summed E-state index contributed by atoms with van der Waals surface area (Å²) in [6, 6.07) is 0. The number of anilines is 1. The molecular formula is C7H11BrClN5O2. The van der Waals surface area contributed by atoms with E-state index in [0.29, 0.717) is 0 Å². The third-order valence-corrected chi connectivity index (χ3v) is 2.49.